The molecule has 2 unspecified atom stereocenters. The highest BCUT2D eigenvalue weighted by atomic mass is 32.4. The van der Waals surface area contributed by atoms with Crippen LogP contribution in [0.1, 0.15) is 16.7 Å². The van der Waals surface area contributed by atoms with E-state index in [1.54, 1.807) is 67.5 Å². The number of nitrogens with zero attached hydrogens (tertiary/aromatic N) is 6. The minimum atomic E-state index is -4.52. The van der Waals surface area contributed by atoms with Crippen molar-refractivity contribution < 1.29 is 47.2 Å². The SMILES string of the molecule is COc1ccc(C=NN(C)[P+](=S)Oc2ccc(P(=NCOc3ccc(C=NN(C)[P+](=S)Oc4ccc(CCN(CP(=O)(O)O)CP(=O)(O)O)cc4)cc3)(c3ccccc3)c3ccccc3)cc2)cc1. The summed E-state index contributed by atoms with van der Waals surface area (Å²) in [6.07, 6.45) is 2.17. The van der Waals surface area contributed by atoms with Gasteiger partial charge in [-0.2, -0.15) is 0 Å². The third-order valence-electron chi connectivity index (χ3n) is 9.96. The average Bonchev–Trinajstić information content (AvgIpc) is 3.34. The van der Waals surface area contributed by atoms with Gasteiger partial charge in [-0.15, -0.1) is 10.2 Å². The van der Waals surface area contributed by atoms with Gasteiger partial charge in [0, 0.05) is 22.5 Å². The Kier molecular flexibility index (Phi) is 19.5. The molecule has 0 saturated heterocycles. The fourth-order valence-electron chi connectivity index (χ4n) is 6.63. The lowest BCUT2D eigenvalue weighted by Gasteiger charge is -2.27. The Morgan fingerprint density at radius 1 is 0.565 bits per heavy atom. The van der Waals surface area contributed by atoms with Crippen LogP contribution in [0.4, 0.5) is 0 Å². The van der Waals surface area contributed by atoms with Crippen LogP contribution in [-0.4, -0.2) is 93.5 Å². The first-order valence-corrected chi connectivity index (χ1v) is 30.7. The quantitative estimate of drug-likeness (QED) is 0.0255. The second-order valence-corrected chi connectivity index (χ2v) is 25.8. The first-order chi connectivity index (χ1) is 33.0. The normalized spacial score (nSPS) is 12.5. The number of hydrogen-bond donors (Lipinski definition) is 4. The van der Waals surface area contributed by atoms with Gasteiger partial charge in [-0.1, -0.05) is 82.4 Å². The Bertz CT molecular complexity index is 2790. The van der Waals surface area contributed by atoms with Crippen molar-refractivity contribution in [2.24, 2.45) is 14.9 Å². The van der Waals surface area contributed by atoms with Gasteiger partial charge < -0.3 is 29.0 Å². The van der Waals surface area contributed by atoms with E-state index in [4.69, 9.17) is 46.9 Å². The summed E-state index contributed by atoms with van der Waals surface area (Å²) in [5, 5.41) is 12.1. The van der Waals surface area contributed by atoms with Gasteiger partial charge in [0.05, 0.1) is 40.7 Å². The molecule has 360 valence electrons. The van der Waals surface area contributed by atoms with Crippen LogP contribution in [0.15, 0.2) is 173 Å². The van der Waals surface area contributed by atoms with E-state index in [1.807, 2.05) is 109 Å². The third kappa shape index (κ3) is 16.5. The maximum atomic E-state index is 11.5. The first-order valence-electron chi connectivity index (χ1n) is 20.9. The van der Waals surface area contributed by atoms with Gasteiger partial charge >= 0.3 is 29.3 Å². The smallest absolute Gasteiger partial charge is 0.497 e. The minimum Gasteiger partial charge on any atom is -0.497 e. The van der Waals surface area contributed by atoms with E-state index in [1.165, 1.54) is 0 Å². The highest BCUT2D eigenvalue weighted by Crippen LogP contribution is 2.47. The summed E-state index contributed by atoms with van der Waals surface area (Å²) in [5.41, 5.74) is 2.48. The molecule has 2 atom stereocenters. The second-order valence-electron chi connectivity index (χ2n) is 15.1. The molecule has 0 amide bonds. The molecular formula is C46H51N6O10P5S2+2. The topological polar surface area (TPSA) is 199 Å². The molecule has 0 radical (unpaired) electrons. The lowest BCUT2D eigenvalue weighted by atomic mass is 10.1. The van der Waals surface area contributed by atoms with Crippen molar-refractivity contribution in [3.8, 4) is 23.0 Å². The highest BCUT2D eigenvalue weighted by Gasteiger charge is 2.29. The fourth-order valence-corrected chi connectivity index (χ4v) is 13.6. The standard InChI is InChI=1S/C46H49N6O10P5S2/c1-50(63(68)61-42-24-14-37(15-25-42)30-31-52(35-65(53,54)55)36-66(56,57)58)48-33-39-18-22-41(23-19-39)60-34-49-67(44-10-6-4-7-11-44,45-12-8-5-9-13-45)46-28-26-43(27-29-46)62-64(69)51(2)47-32-38-16-20-40(59-3)21-17-38/h4-29,32-33H,30-31,34-36H2,1-3H3,(H2-2,53,54,55,56,57,58)/p+2. The molecule has 0 spiro atoms. The van der Waals surface area contributed by atoms with E-state index in [0.717, 1.165) is 43.3 Å². The van der Waals surface area contributed by atoms with Crippen molar-refractivity contribution in [1.82, 2.24) is 14.5 Å². The average molecular weight is 1070 g/mol. The maximum Gasteiger partial charge on any atom is 0.540 e. The zero-order valence-corrected chi connectivity index (χ0v) is 43.8. The number of hydrazone groups is 2. The molecule has 23 heteroatoms. The molecule has 6 aromatic rings. The Hall–Kier alpha value is -5.01. The monoisotopic (exact) mass is 1070 g/mol. The lowest BCUT2D eigenvalue weighted by Crippen LogP contribution is -2.28. The predicted molar refractivity (Wildman–Crippen MR) is 284 cm³/mol. The summed E-state index contributed by atoms with van der Waals surface area (Å²) < 4.78 is 55.3. The van der Waals surface area contributed by atoms with E-state index < -0.39 is 49.0 Å². The molecule has 4 N–H and O–H groups in total. The van der Waals surface area contributed by atoms with Crippen LogP contribution in [0, 0.1) is 0 Å². The Balaban J connectivity index is 1.09. The number of benzene rings is 6. The third-order valence-corrected chi connectivity index (χ3v) is 18.9. The van der Waals surface area contributed by atoms with Crippen molar-refractivity contribution in [3.63, 3.8) is 0 Å². The summed E-state index contributed by atoms with van der Waals surface area (Å²) in [6.45, 7) is 0.104. The summed E-state index contributed by atoms with van der Waals surface area (Å²) in [5.74, 6) is 2.50. The molecule has 0 heterocycles. The Morgan fingerprint density at radius 2 is 0.971 bits per heavy atom. The molecule has 0 aromatic heterocycles. The van der Waals surface area contributed by atoms with Gasteiger partial charge in [-0.25, -0.2) is 0 Å². The fraction of sp³-hybridized carbons (Fsp3) is 0.174. The van der Waals surface area contributed by atoms with Crippen LogP contribution in [0.3, 0.4) is 0 Å². The molecular weight excluding hydrogens is 1020 g/mol. The number of ether oxygens (including phenoxy) is 2. The highest BCUT2D eigenvalue weighted by molar-refractivity contribution is 8.02. The minimum absolute atomic E-state index is 0.0302. The number of hydrogen-bond acceptors (Lipinski definition) is 12. The van der Waals surface area contributed by atoms with Gasteiger partial charge in [-0.05, 0) is 108 Å². The molecule has 0 fully saturated rings. The van der Waals surface area contributed by atoms with Gasteiger partial charge in [-0.3, -0.25) is 27.8 Å². The van der Waals surface area contributed by atoms with Gasteiger partial charge in [0.1, 0.15) is 24.1 Å². The van der Waals surface area contributed by atoms with Crippen molar-refractivity contribution in [3.05, 3.63) is 174 Å². The number of rotatable bonds is 24. The summed E-state index contributed by atoms with van der Waals surface area (Å²) in [7, 11) is -9.63. The van der Waals surface area contributed by atoms with Gasteiger partial charge in [0.25, 0.3) is 0 Å². The molecule has 0 aliphatic heterocycles. The van der Waals surface area contributed by atoms with Crippen LogP contribution in [0.5, 0.6) is 23.0 Å². The van der Waals surface area contributed by atoms with Crippen molar-refractivity contribution in [1.29, 1.82) is 0 Å². The molecule has 6 aromatic carbocycles. The molecule has 0 bridgehead atoms. The molecule has 0 saturated carbocycles. The van der Waals surface area contributed by atoms with Crippen LogP contribution in [0.2, 0.25) is 0 Å². The Morgan fingerprint density at radius 3 is 1.41 bits per heavy atom. The predicted octanol–water partition coefficient (Wildman–Crippen LogP) is 8.56. The molecule has 0 aliphatic rings. The summed E-state index contributed by atoms with van der Waals surface area (Å²) in [6, 6.07) is 50.4. The molecule has 16 nitrogen and oxygen atoms in total. The van der Waals surface area contributed by atoms with Crippen LogP contribution in [-0.2, 0) is 39.2 Å². The van der Waals surface area contributed by atoms with Crippen LogP contribution < -0.4 is 34.4 Å². The lowest BCUT2D eigenvalue weighted by molar-refractivity contribution is 0.279. The zero-order chi connectivity index (χ0) is 49.4. The van der Waals surface area contributed by atoms with Crippen molar-refractivity contribution in [2.45, 2.75) is 6.42 Å². The Labute approximate surface area is 413 Å². The first kappa shape index (κ1) is 53.3. The van der Waals surface area contributed by atoms with Gasteiger partial charge in [0.15, 0.2) is 18.2 Å². The van der Waals surface area contributed by atoms with Crippen molar-refractivity contribution in [2.75, 3.05) is 47.1 Å². The van der Waals surface area contributed by atoms with Crippen LogP contribution >= 0.6 is 36.4 Å². The number of methoxy groups -OCH3 is 1. The maximum absolute atomic E-state index is 11.5. The summed E-state index contributed by atoms with van der Waals surface area (Å²) in [4.78, 5) is 38.4. The molecule has 6 rings (SSSR count). The molecule has 0 aliphatic carbocycles. The van der Waals surface area contributed by atoms with Crippen LogP contribution in [0.25, 0.3) is 0 Å². The second kappa shape index (κ2) is 25.2. The largest absolute Gasteiger partial charge is 0.540 e. The zero-order valence-electron chi connectivity index (χ0n) is 37.7. The van der Waals surface area contributed by atoms with E-state index in [9.17, 15) is 28.7 Å². The van der Waals surface area contributed by atoms with E-state index in [0.29, 0.717) is 23.7 Å². The summed E-state index contributed by atoms with van der Waals surface area (Å²) >= 11 is 11.3. The van der Waals surface area contributed by atoms with E-state index >= 15 is 0 Å². The van der Waals surface area contributed by atoms with E-state index in [2.05, 4.69) is 34.5 Å². The van der Waals surface area contributed by atoms with Crippen molar-refractivity contribution >= 4 is 88.4 Å². The van der Waals surface area contributed by atoms with Gasteiger partial charge in [0.2, 0.25) is 23.6 Å². The molecule has 69 heavy (non-hydrogen) atoms. The van der Waals surface area contributed by atoms with E-state index in [-0.39, 0.29) is 13.3 Å².